The van der Waals surface area contributed by atoms with Gasteiger partial charge in [0.25, 0.3) is 0 Å². The van der Waals surface area contributed by atoms with Crippen molar-refractivity contribution in [1.82, 2.24) is 15.3 Å². The van der Waals surface area contributed by atoms with E-state index in [0.29, 0.717) is 0 Å². The Morgan fingerprint density at radius 2 is 1.87 bits per heavy atom. The highest BCUT2D eigenvalue weighted by Gasteiger charge is 2.17. The van der Waals surface area contributed by atoms with E-state index in [1.165, 1.54) is 4.88 Å². The van der Waals surface area contributed by atoms with Gasteiger partial charge in [-0.3, -0.25) is 14.8 Å². The Labute approximate surface area is 139 Å². The number of amides is 1. The molecule has 0 aliphatic heterocycles. The number of nitrogens with one attached hydrogen (secondary N) is 1. The van der Waals surface area contributed by atoms with E-state index >= 15 is 0 Å². The molecule has 116 valence electrons. The van der Waals surface area contributed by atoms with E-state index in [-0.39, 0.29) is 18.4 Å². The van der Waals surface area contributed by atoms with Crippen molar-refractivity contribution < 1.29 is 4.79 Å². The molecule has 0 spiro atoms. The predicted octanol–water partition coefficient (Wildman–Crippen LogP) is 3.18. The Morgan fingerprint density at radius 1 is 1.04 bits per heavy atom. The number of thiophene rings is 1. The van der Waals surface area contributed by atoms with Gasteiger partial charge in [-0.05, 0) is 35.7 Å². The van der Waals surface area contributed by atoms with Gasteiger partial charge in [0.2, 0.25) is 5.91 Å². The van der Waals surface area contributed by atoms with Crippen LogP contribution in [0.4, 0.5) is 0 Å². The number of rotatable bonds is 6. The monoisotopic (exact) mass is 323 g/mol. The maximum atomic E-state index is 12.3. The van der Waals surface area contributed by atoms with Gasteiger partial charge in [0.15, 0.2) is 0 Å². The summed E-state index contributed by atoms with van der Waals surface area (Å²) in [5.41, 5.74) is 1.64. The number of nitrogens with zero attached hydrogens (tertiary/aromatic N) is 2. The lowest BCUT2D eigenvalue weighted by atomic mass is 10.1. The summed E-state index contributed by atoms with van der Waals surface area (Å²) < 4.78 is 0. The van der Waals surface area contributed by atoms with Crippen LogP contribution in [-0.2, 0) is 17.6 Å². The maximum Gasteiger partial charge on any atom is 0.226 e. The van der Waals surface area contributed by atoms with E-state index in [1.807, 2.05) is 47.8 Å². The first-order valence-corrected chi connectivity index (χ1v) is 8.32. The van der Waals surface area contributed by atoms with Crippen LogP contribution in [0.1, 0.15) is 22.3 Å². The molecular weight excluding hydrogens is 306 g/mol. The van der Waals surface area contributed by atoms with Gasteiger partial charge in [-0.2, -0.15) is 0 Å². The lowest BCUT2D eigenvalue weighted by Gasteiger charge is -2.17. The molecule has 0 radical (unpaired) electrons. The quantitative estimate of drug-likeness (QED) is 0.758. The van der Waals surface area contributed by atoms with E-state index < -0.39 is 0 Å². The van der Waals surface area contributed by atoms with Crippen LogP contribution >= 0.6 is 11.3 Å². The van der Waals surface area contributed by atoms with Crippen LogP contribution in [0.3, 0.4) is 0 Å². The van der Waals surface area contributed by atoms with Crippen LogP contribution in [-0.4, -0.2) is 15.9 Å². The van der Waals surface area contributed by atoms with Crippen LogP contribution in [0.25, 0.3) is 0 Å². The van der Waals surface area contributed by atoms with Gasteiger partial charge in [-0.15, -0.1) is 11.3 Å². The minimum atomic E-state index is -0.133. The molecule has 3 rings (SSSR count). The minimum Gasteiger partial charge on any atom is -0.347 e. The van der Waals surface area contributed by atoms with Crippen LogP contribution in [0.5, 0.6) is 0 Å². The predicted molar refractivity (Wildman–Crippen MR) is 91.1 cm³/mol. The maximum absolute atomic E-state index is 12.3. The van der Waals surface area contributed by atoms with Gasteiger partial charge >= 0.3 is 0 Å². The Balaban J connectivity index is 1.72. The summed E-state index contributed by atoms with van der Waals surface area (Å²) in [6, 6.07) is 15.3. The molecule has 0 aliphatic rings. The molecule has 0 fully saturated rings. The fraction of sp³-hybridized carbons (Fsp3) is 0.167. The number of hydrogen-bond acceptors (Lipinski definition) is 4. The Kier molecular flexibility index (Phi) is 5.11. The number of aromatic nitrogens is 2. The number of carbonyl (C=O) groups is 1. The van der Waals surface area contributed by atoms with E-state index in [9.17, 15) is 4.79 Å². The van der Waals surface area contributed by atoms with Crippen molar-refractivity contribution >= 4 is 17.2 Å². The molecule has 0 saturated heterocycles. The molecule has 0 bridgehead atoms. The van der Waals surface area contributed by atoms with Gasteiger partial charge in [0.05, 0.1) is 18.2 Å². The van der Waals surface area contributed by atoms with Crippen LogP contribution in [0.15, 0.2) is 66.3 Å². The molecule has 1 amide bonds. The normalized spacial score (nSPS) is 11.8. The zero-order valence-corrected chi connectivity index (χ0v) is 13.4. The standard InChI is InChI=1S/C18H17N3OS/c22-18(12-14-6-1-3-9-19-14)21-17(13-15-7-5-11-23-15)16-8-2-4-10-20-16/h1-11,17H,12-13H2,(H,21,22)/t17-/m1/s1. The number of pyridine rings is 2. The topological polar surface area (TPSA) is 54.9 Å². The highest BCUT2D eigenvalue weighted by molar-refractivity contribution is 7.09. The molecule has 0 unspecified atom stereocenters. The number of carbonyl (C=O) groups excluding carboxylic acids is 1. The van der Waals surface area contributed by atoms with Gasteiger partial charge in [0.1, 0.15) is 0 Å². The Morgan fingerprint density at radius 3 is 2.52 bits per heavy atom. The van der Waals surface area contributed by atoms with Crippen molar-refractivity contribution in [2.45, 2.75) is 18.9 Å². The molecule has 4 nitrogen and oxygen atoms in total. The SMILES string of the molecule is O=C(Cc1ccccn1)N[C@H](Cc1cccs1)c1ccccn1. The molecule has 3 heterocycles. The molecule has 3 aromatic rings. The summed E-state index contributed by atoms with van der Waals surface area (Å²) >= 11 is 1.69. The third-order valence-corrected chi connectivity index (χ3v) is 4.33. The van der Waals surface area contributed by atoms with E-state index in [1.54, 1.807) is 23.7 Å². The summed E-state index contributed by atoms with van der Waals surface area (Å²) in [5.74, 6) is -0.0455. The molecule has 1 N–H and O–H groups in total. The summed E-state index contributed by atoms with van der Waals surface area (Å²) in [6.07, 6.45) is 4.46. The second kappa shape index (κ2) is 7.65. The average Bonchev–Trinajstić information content (AvgIpc) is 3.09. The largest absolute Gasteiger partial charge is 0.347 e. The lowest BCUT2D eigenvalue weighted by Crippen LogP contribution is -2.31. The van der Waals surface area contributed by atoms with Crippen molar-refractivity contribution in [3.8, 4) is 0 Å². The first-order chi connectivity index (χ1) is 11.3. The zero-order valence-electron chi connectivity index (χ0n) is 12.6. The van der Waals surface area contributed by atoms with Crippen molar-refractivity contribution in [2.75, 3.05) is 0 Å². The second-order valence-electron chi connectivity index (χ2n) is 5.16. The molecule has 5 heteroatoms. The van der Waals surface area contributed by atoms with E-state index in [2.05, 4.69) is 21.4 Å². The van der Waals surface area contributed by atoms with Crippen LogP contribution in [0, 0.1) is 0 Å². The third kappa shape index (κ3) is 4.47. The van der Waals surface area contributed by atoms with Gasteiger partial charge in [0, 0.05) is 29.4 Å². The third-order valence-electron chi connectivity index (χ3n) is 3.43. The molecular formula is C18H17N3OS. The van der Waals surface area contributed by atoms with Crippen LogP contribution < -0.4 is 5.32 Å². The first kappa shape index (κ1) is 15.4. The molecule has 3 aromatic heterocycles. The Bertz CT molecular complexity index is 729. The van der Waals surface area contributed by atoms with Crippen molar-refractivity contribution in [2.24, 2.45) is 0 Å². The fourth-order valence-electron chi connectivity index (χ4n) is 2.35. The summed E-state index contributed by atoms with van der Waals surface area (Å²) in [5, 5.41) is 5.13. The molecule has 0 aromatic carbocycles. The average molecular weight is 323 g/mol. The molecule has 23 heavy (non-hydrogen) atoms. The second-order valence-corrected chi connectivity index (χ2v) is 6.19. The van der Waals surface area contributed by atoms with Crippen molar-refractivity contribution in [3.05, 3.63) is 82.6 Å². The smallest absolute Gasteiger partial charge is 0.226 e. The van der Waals surface area contributed by atoms with E-state index in [4.69, 9.17) is 0 Å². The summed E-state index contributed by atoms with van der Waals surface area (Å²) in [4.78, 5) is 22.2. The van der Waals surface area contributed by atoms with Gasteiger partial charge < -0.3 is 5.32 Å². The van der Waals surface area contributed by atoms with Crippen molar-refractivity contribution in [3.63, 3.8) is 0 Å². The zero-order chi connectivity index (χ0) is 15.9. The summed E-state index contributed by atoms with van der Waals surface area (Å²) in [7, 11) is 0. The minimum absolute atomic E-state index is 0.0455. The lowest BCUT2D eigenvalue weighted by molar-refractivity contribution is -0.121. The molecule has 0 saturated carbocycles. The fourth-order valence-corrected chi connectivity index (χ4v) is 3.11. The summed E-state index contributed by atoms with van der Waals surface area (Å²) in [6.45, 7) is 0. The highest BCUT2D eigenvalue weighted by atomic mass is 32.1. The van der Waals surface area contributed by atoms with Crippen LogP contribution in [0.2, 0.25) is 0 Å². The van der Waals surface area contributed by atoms with Gasteiger partial charge in [-0.25, -0.2) is 0 Å². The van der Waals surface area contributed by atoms with Gasteiger partial charge in [-0.1, -0.05) is 18.2 Å². The van der Waals surface area contributed by atoms with Crippen molar-refractivity contribution in [1.29, 1.82) is 0 Å². The molecule has 0 aliphatic carbocycles. The Hall–Kier alpha value is -2.53. The van der Waals surface area contributed by atoms with E-state index in [0.717, 1.165) is 17.8 Å². The number of hydrogen-bond donors (Lipinski definition) is 1. The molecule has 1 atom stereocenters. The first-order valence-electron chi connectivity index (χ1n) is 7.44. The highest BCUT2D eigenvalue weighted by Crippen LogP contribution is 2.20.